The minimum absolute atomic E-state index is 0.0185. The van der Waals surface area contributed by atoms with Gasteiger partial charge < -0.3 is 4.74 Å². The number of rotatable bonds is 3. The quantitative estimate of drug-likeness (QED) is 0.866. The zero-order valence-corrected chi connectivity index (χ0v) is 9.20. The number of nitrogens with zero attached hydrogens (tertiary/aromatic N) is 2. The molecule has 6 nitrogen and oxygen atoms in total. The summed E-state index contributed by atoms with van der Waals surface area (Å²) in [6.45, 7) is 0. The standard InChI is InChI=1S/C10H8F2N4O2/c1-18-10-14-9(15-16-10)13-8(17)6-4-5(11)2-3-7(6)12/h2-4H,1H3,(H2,13,14,15,16,17). The van der Waals surface area contributed by atoms with Gasteiger partial charge in [0.2, 0.25) is 5.95 Å². The fourth-order valence-corrected chi connectivity index (χ4v) is 1.24. The topological polar surface area (TPSA) is 79.9 Å². The summed E-state index contributed by atoms with van der Waals surface area (Å²) in [7, 11) is 1.35. The van der Waals surface area contributed by atoms with Crippen molar-refractivity contribution < 1.29 is 18.3 Å². The van der Waals surface area contributed by atoms with Gasteiger partial charge in [-0.05, 0) is 18.2 Å². The number of ether oxygens (including phenoxy) is 1. The minimum atomic E-state index is -0.842. The van der Waals surface area contributed by atoms with Crippen molar-refractivity contribution in [3.05, 3.63) is 35.4 Å². The fourth-order valence-electron chi connectivity index (χ4n) is 1.24. The molecule has 1 aromatic heterocycles. The summed E-state index contributed by atoms with van der Waals surface area (Å²) in [4.78, 5) is 15.3. The van der Waals surface area contributed by atoms with Crippen LogP contribution in [0.15, 0.2) is 18.2 Å². The SMILES string of the molecule is COc1n[nH]c(NC(=O)c2cc(F)ccc2F)n1. The molecule has 0 saturated carbocycles. The van der Waals surface area contributed by atoms with E-state index < -0.39 is 23.1 Å². The third-order valence-corrected chi connectivity index (χ3v) is 2.05. The van der Waals surface area contributed by atoms with Gasteiger partial charge in [-0.15, -0.1) is 5.10 Å². The van der Waals surface area contributed by atoms with E-state index in [9.17, 15) is 13.6 Å². The highest BCUT2D eigenvalue weighted by atomic mass is 19.1. The van der Waals surface area contributed by atoms with Crippen LogP contribution in [0.25, 0.3) is 0 Å². The summed E-state index contributed by atoms with van der Waals surface area (Å²) < 4.78 is 30.9. The maximum atomic E-state index is 13.3. The van der Waals surface area contributed by atoms with E-state index in [1.807, 2.05) is 0 Å². The van der Waals surface area contributed by atoms with E-state index in [4.69, 9.17) is 0 Å². The Morgan fingerprint density at radius 1 is 1.44 bits per heavy atom. The number of carbonyl (C=O) groups excluding carboxylic acids is 1. The molecule has 1 aromatic carbocycles. The van der Waals surface area contributed by atoms with Crippen LogP contribution in [0, 0.1) is 11.6 Å². The number of anilines is 1. The van der Waals surface area contributed by atoms with E-state index >= 15 is 0 Å². The summed E-state index contributed by atoms with van der Waals surface area (Å²) in [6, 6.07) is 2.59. The molecule has 2 N–H and O–H groups in total. The van der Waals surface area contributed by atoms with Crippen LogP contribution >= 0.6 is 0 Å². The van der Waals surface area contributed by atoms with Crippen molar-refractivity contribution in [2.24, 2.45) is 0 Å². The molecule has 2 aromatic rings. The zero-order chi connectivity index (χ0) is 13.1. The lowest BCUT2D eigenvalue weighted by atomic mass is 10.2. The van der Waals surface area contributed by atoms with Crippen LogP contribution in [0.5, 0.6) is 6.01 Å². The molecule has 1 heterocycles. The average Bonchev–Trinajstić information content (AvgIpc) is 2.80. The third kappa shape index (κ3) is 2.42. The lowest BCUT2D eigenvalue weighted by molar-refractivity contribution is 0.102. The summed E-state index contributed by atoms with van der Waals surface area (Å²) in [5, 5.41) is 8.16. The van der Waals surface area contributed by atoms with Crippen molar-refractivity contribution in [3.63, 3.8) is 0 Å². The summed E-state index contributed by atoms with van der Waals surface area (Å²) >= 11 is 0. The van der Waals surface area contributed by atoms with Crippen LogP contribution < -0.4 is 10.1 Å². The fraction of sp³-hybridized carbons (Fsp3) is 0.100. The van der Waals surface area contributed by atoms with Crippen molar-refractivity contribution in [1.82, 2.24) is 15.2 Å². The number of aromatic amines is 1. The highest BCUT2D eigenvalue weighted by molar-refractivity contribution is 6.03. The Morgan fingerprint density at radius 2 is 2.22 bits per heavy atom. The summed E-state index contributed by atoms with van der Waals surface area (Å²) in [5.41, 5.74) is -0.426. The van der Waals surface area contributed by atoms with E-state index in [0.29, 0.717) is 0 Å². The van der Waals surface area contributed by atoms with Crippen LogP contribution in [0.3, 0.4) is 0 Å². The number of amides is 1. The molecule has 0 unspecified atom stereocenters. The minimum Gasteiger partial charge on any atom is -0.466 e. The first kappa shape index (κ1) is 12.0. The van der Waals surface area contributed by atoms with Gasteiger partial charge in [0.1, 0.15) is 11.6 Å². The largest absolute Gasteiger partial charge is 0.466 e. The number of carbonyl (C=O) groups is 1. The number of hydrogen-bond acceptors (Lipinski definition) is 4. The molecule has 0 fully saturated rings. The van der Waals surface area contributed by atoms with E-state index in [1.165, 1.54) is 7.11 Å². The monoisotopic (exact) mass is 254 g/mol. The van der Waals surface area contributed by atoms with Gasteiger partial charge in [-0.2, -0.15) is 4.98 Å². The van der Waals surface area contributed by atoms with Gasteiger partial charge in [-0.1, -0.05) is 0 Å². The number of methoxy groups -OCH3 is 1. The van der Waals surface area contributed by atoms with Gasteiger partial charge in [0.05, 0.1) is 12.7 Å². The van der Waals surface area contributed by atoms with E-state index in [1.54, 1.807) is 0 Å². The Kier molecular flexibility index (Phi) is 3.18. The first-order chi connectivity index (χ1) is 8.60. The molecular formula is C10H8F2N4O2. The van der Waals surface area contributed by atoms with Crippen molar-refractivity contribution in [2.75, 3.05) is 12.4 Å². The van der Waals surface area contributed by atoms with Crippen LogP contribution in [0.4, 0.5) is 14.7 Å². The molecule has 2 rings (SSSR count). The van der Waals surface area contributed by atoms with E-state index in [0.717, 1.165) is 18.2 Å². The third-order valence-electron chi connectivity index (χ3n) is 2.05. The molecule has 0 radical (unpaired) electrons. The highest BCUT2D eigenvalue weighted by Gasteiger charge is 2.14. The molecule has 18 heavy (non-hydrogen) atoms. The summed E-state index contributed by atoms with van der Waals surface area (Å²) in [6.07, 6.45) is 0. The summed E-state index contributed by atoms with van der Waals surface area (Å²) in [5.74, 6) is -2.41. The molecule has 0 bridgehead atoms. The smallest absolute Gasteiger partial charge is 0.336 e. The Hall–Kier alpha value is -2.51. The molecule has 0 aliphatic rings. The van der Waals surface area contributed by atoms with Crippen molar-refractivity contribution in [2.45, 2.75) is 0 Å². The average molecular weight is 254 g/mol. The first-order valence-electron chi connectivity index (χ1n) is 4.83. The molecule has 94 valence electrons. The van der Waals surface area contributed by atoms with Crippen molar-refractivity contribution >= 4 is 11.9 Å². The second-order valence-electron chi connectivity index (χ2n) is 3.25. The van der Waals surface area contributed by atoms with Crippen LogP contribution in [-0.4, -0.2) is 28.2 Å². The second-order valence-corrected chi connectivity index (χ2v) is 3.25. The predicted octanol–water partition coefficient (Wildman–Crippen LogP) is 1.34. The first-order valence-corrected chi connectivity index (χ1v) is 4.83. The maximum Gasteiger partial charge on any atom is 0.336 e. The lowest BCUT2D eigenvalue weighted by Crippen LogP contribution is -2.15. The van der Waals surface area contributed by atoms with Gasteiger partial charge in [0.15, 0.2) is 0 Å². The van der Waals surface area contributed by atoms with Crippen molar-refractivity contribution in [3.8, 4) is 6.01 Å². The van der Waals surface area contributed by atoms with Gasteiger partial charge in [-0.3, -0.25) is 10.1 Å². The van der Waals surface area contributed by atoms with E-state index in [-0.39, 0.29) is 12.0 Å². The van der Waals surface area contributed by atoms with Gasteiger partial charge in [0.25, 0.3) is 5.91 Å². The highest BCUT2D eigenvalue weighted by Crippen LogP contribution is 2.12. The number of hydrogen-bond donors (Lipinski definition) is 2. The molecule has 0 aliphatic carbocycles. The van der Waals surface area contributed by atoms with E-state index in [2.05, 4.69) is 25.2 Å². The second kappa shape index (κ2) is 4.78. The molecule has 0 spiro atoms. The van der Waals surface area contributed by atoms with Gasteiger partial charge >= 0.3 is 6.01 Å². The maximum absolute atomic E-state index is 13.3. The lowest BCUT2D eigenvalue weighted by Gasteiger charge is -2.02. The number of nitrogens with one attached hydrogen (secondary N) is 2. The number of aromatic nitrogens is 3. The van der Waals surface area contributed by atoms with Crippen LogP contribution in [-0.2, 0) is 0 Å². The number of halogens is 2. The van der Waals surface area contributed by atoms with Crippen LogP contribution in [0.1, 0.15) is 10.4 Å². The molecule has 1 amide bonds. The molecule has 0 aliphatic heterocycles. The van der Waals surface area contributed by atoms with Crippen LogP contribution in [0.2, 0.25) is 0 Å². The predicted molar refractivity (Wildman–Crippen MR) is 57.2 cm³/mol. The molecule has 0 atom stereocenters. The Morgan fingerprint density at radius 3 is 2.89 bits per heavy atom. The molecule has 0 saturated heterocycles. The molecule has 8 heteroatoms. The number of H-pyrrole nitrogens is 1. The normalized spacial score (nSPS) is 10.2. The van der Waals surface area contributed by atoms with Gasteiger partial charge in [0, 0.05) is 0 Å². The Labute approximate surface area is 100.0 Å². The van der Waals surface area contributed by atoms with Gasteiger partial charge in [-0.25, -0.2) is 13.9 Å². The Bertz CT molecular complexity index is 585. The Balaban J connectivity index is 2.19. The zero-order valence-electron chi connectivity index (χ0n) is 9.20. The molecular weight excluding hydrogens is 246 g/mol. The van der Waals surface area contributed by atoms with Crippen molar-refractivity contribution in [1.29, 1.82) is 0 Å². The number of benzene rings is 1.